The molecule has 0 atom stereocenters. The van der Waals surface area contributed by atoms with Crippen molar-refractivity contribution < 1.29 is 12.9 Å². The summed E-state index contributed by atoms with van der Waals surface area (Å²) in [6.07, 6.45) is 3.96. The van der Waals surface area contributed by atoms with Crippen molar-refractivity contribution in [2.45, 2.75) is 18.6 Å². The molecule has 122 valence electrons. The molecule has 1 aliphatic heterocycles. The fourth-order valence-electron chi connectivity index (χ4n) is 3.06. The van der Waals surface area contributed by atoms with Crippen LogP contribution in [-0.2, 0) is 15.8 Å². The molecule has 0 N–H and O–H groups in total. The maximum atomic E-state index is 12.8. The average Bonchev–Trinajstić information content (AvgIpc) is 3.21. The summed E-state index contributed by atoms with van der Waals surface area (Å²) >= 11 is 0. The molecule has 4 rings (SSSR count). The molecule has 0 saturated heterocycles. The third kappa shape index (κ3) is 2.93. The summed E-state index contributed by atoms with van der Waals surface area (Å²) < 4.78 is 31.8. The standard InChI is InChI=1S/C16H19N3O3S/c20-23(21,12-14-7-10-22-17-14)19-9-8-18(11-13-5-6-13)15-3-1-2-4-16(15)19/h1-4,7,10,13H,5-6,8-9,11-12H2. The number of nitrogens with zero attached hydrogens (tertiary/aromatic N) is 3. The molecule has 1 aromatic carbocycles. The minimum Gasteiger partial charge on any atom is -0.368 e. The van der Waals surface area contributed by atoms with Crippen LogP contribution in [0.1, 0.15) is 18.5 Å². The number of para-hydroxylation sites is 2. The maximum Gasteiger partial charge on any atom is 0.241 e. The number of hydrogen-bond donors (Lipinski definition) is 0. The Morgan fingerprint density at radius 3 is 2.61 bits per heavy atom. The van der Waals surface area contributed by atoms with Crippen LogP contribution < -0.4 is 9.21 Å². The Kier molecular flexibility index (Phi) is 3.52. The Bertz CT molecular complexity index is 785. The van der Waals surface area contributed by atoms with E-state index in [0.717, 1.165) is 30.4 Å². The molecule has 6 nitrogen and oxygen atoms in total. The van der Waals surface area contributed by atoms with E-state index in [9.17, 15) is 8.42 Å². The van der Waals surface area contributed by atoms with Crippen LogP contribution in [0.2, 0.25) is 0 Å². The molecule has 23 heavy (non-hydrogen) atoms. The van der Waals surface area contributed by atoms with E-state index in [1.807, 2.05) is 24.3 Å². The van der Waals surface area contributed by atoms with Crippen molar-refractivity contribution in [2.75, 3.05) is 28.8 Å². The Morgan fingerprint density at radius 1 is 1.13 bits per heavy atom. The molecule has 2 aliphatic rings. The van der Waals surface area contributed by atoms with Crippen LogP contribution >= 0.6 is 0 Å². The molecule has 1 saturated carbocycles. The lowest BCUT2D eigenvalue weighted by Gasteiger charge is -2.38. The molecule has 2 heterocycles. The molecule has 1 aliphatic carbocycles. The van der Waals surface area contributed by atoms with Gasteiger partial charge in [-0.1, -0.05) is 17.3 Å². The Labute approximate surface area is 135 Å². The minimum atomic E-state index is -3.47. The van der Waals surface area contributed by atoms with Gasteiger partial charge in [0.1, 0.15) is 17.7 Å². The lowest BCUT2D eigenvalue weighted by molar-refractivity contribution is 0.413. The van der Waals surface area contributed by atoms with Gasteiger partial charge in [0.15, 0.2) is 0 Å². The maximum absolute atomic E-state index is 12.8. The lowest BCUT2D eigenvalue weighted by atomic mass is 10.2. The molecule has 0 bridgehead atoms. The van der Waals surface area contributed by atoms with E-state index < -0.39 is 10.0 Å². The van der Waals surface area contributed by atoms with Gasteiger partial charge in [-0.2, -0.15) is 0 Å². The van der Waals surface area contributed by atoms with E-state index in [0.29, 0.717) is 12.2 Å². The summed E-state index contributed by atoms with van der Waals surface area (Å²) in [5.41, 5.74) is 2.21. The van der Waals surface area contributed by atoms with Crippen LogP contribution in [0.4, 0.5) is 11.4 Å². The monoisotopic (exact) mass is 333 g/mol. The Hall–Kier alpha value is -2.02. The highest BCUT2D eigenvalue weighted by atomic mass is 32.2. The topological polar surface area (TPSA) is 66.7 Å². The second kappa shape index (κ2) is 5.56. The third-order valence-corrected chi connectivity index (χ3v) is 6.11. The molecule has 0 unspecified atom stereocenters. The SMILES string of the molecule is O=S(=O)(Cc1ccon1)N1CCN(CC2CC2)c2ccccc21. The second-order valence-corrected chi connectivity index (χ2v) is 8.09. The van der Waals surface area contributed by atoms with E-state index in [-0.39, 0.29) is 5.75 Å². The van der Waals surface area contributed by atoms with Crippen LogP contribution in [0.3, 0.4) is 0 Å². The first-order chi connectivity index (χ1) is 11.1. The van der Waals surface area contributed by atoms with Gasteiger partial charge < -0.3 is 9.42 Å². The summed E-state index contributed by atoms with van der Waals surface area (Å²) in [5, 5.41) is 3.72. The molecule has 1 fully saturated rings. The normalized spacial score (nSPS) is 18.1. The summed E-state index contributed by atoms with van der Waals surface area (Å²) in [4.78, 5) is 2.31. The fourth-order valence-corrected chi connectivity index (χ4v) is 4.55. The third-order valence-electron chi connectivity index (χ3n) is 4.40. The molecule has 0 radical (unpaired) electrons. The minimum absolute atomic E-state index is 0.138. The van der Waals surface area contributed by atoms with Gasteiger partial charge in [0.25, 0.3) is 0 Å². The van der Waals surface area contributed by atoms with Gasteiger partial charge in [-0.15, -0.1) is 0 Å². The van der Waals surface area contributed by atoms with Gasteiger partial charge in [-0.05, 0) is 30.9 Å². The zero-order valence-electron chi connectivity index (χ0n) is 12.8. The van der Waals surface area contributed by atoms with Gasteiger partial charge in [0.2, 0.25) is 10.0 Å². The highest BCUT2D eigenvalue weighted by Gasteiger charge is 2.33. The van der Waals surface area contributed by atoms with Crippen LogP contribution in [0, 0.1) is 5.92 Å². The highest BCUT2D eigenvalue weighted by molar-refractivity contribution is 7.92. The number of benzene rings is 1. The lowest BCUT2D eigenvalue weighted by Crippen LogP contribution is -2.45. The van der Waals surface area contributed by atoms with E-state index in [4.69, 9.17) is 4.52 Å². The predicted octanol–water partition coefficient (Wildman–Crippen LogP) is 2.24. The molecule has 2 aromatic rings. The Balaban J connectivity index is 1.64. The number of rotatable bonds is 5. The van der Waals surface area contributed by atoms with E-state index in [1.165, 1.54) is 23.4 Å². The van der Waals surface area contributed by atoms with E-state index in [1.54, 1.807) is 6.07 Å². The number of sulfonamides is 1. The zero-order valence-corrected chi connectivity index (χ0v) is 13.6. The number of aromatic nitrogens is 1. The van der Waals surface area contributed by atoms with Crippen molar-refractivity contribution in [3.05, 3.63) is 42.3 Å². The van der Waals surface area contributed by atoms with Gasteiger partial charge in [-0.25, -0.2) is 8.42 Å². The van der Waals surface area contributed by atoms with Crippen LogP contribution in [0.5, 0.6) is 0 Å². The zero-order chi connectivity index (χ0) is 15.9. The first kappa shape index (κ1) is 14.6. The van der Waals surface area contributed by atoms with E-state index in [2.05, 4.69) is 10.1 Å². The molecule has 0 spiro atoms. The van der Waals surface area contributed by atoms with Gasteiger partial charge in [0.05, 0.1) is 17.9 Å². The largest absolute Gasteiger partial charge is 0.368 e. The van der Waals surface area contributed by atoms with Crippen LogP contribution in [-0.4, -0.2) is 33.2 Å². The van der Waals surface area contributed by atoms with Crippen LogP contribution in [0.25, 0.3) is 0 Å². The number of hydrogen-bond acceptors (Lipinski definition) is 5. The summed E-state index contributed by atoms with van der Waals surface area (Å²) in [5.74, 6) is 0.627. The van der Waals surface area contributed by atoms with Gasteiger partial charge in [-0.3, -0.25) is 4.31 Å². The van der Waals surface area contributed by atoms with Crippen LogP contribution in [0.15, 0.2) is 41.1 Å². The quantitative estimate of drug-likeness (QED) is 0.839. The molecule has 1 aromatic heterocycles. The summed E-state index contributed by atoms with van der Waals surface area (Å²) in [6, 6.07) is 9.33. The smallest absolute Gasteiger partial charge is 0.241 e. The number of anilines is 2. The second-order valence-electron chi connectivity index (χ2n) is 6.20. The molecular weight excluding hydrogens is 314 g/mol. The van der Waals surface area contributed by atoms with Crippen molar-refractivity contribution in [1.82, 2.24) is 5.16 Å². The fraction of sp³-hybridized carbons (Fsp3) is 0.438. The summed E-state index contributed by atoms with van der Waals surface area (Å²) in [6.45, 7) is 2.23. The van der Waals surface area contributed by atoms with Crippen molar-refractivity contribution in [3.8, 4) is 0 Å². The highest BCUT2D eigenvalue weighted by Crippen LogP contribution is 2.38. The van der Waals surface area contributed by atoms with Gasteiger partial charge >= 0.3 is 0 Å². The first-order valence-corrected chi connectivity index (χ1v) is 9.48. The van der Waals surface area contributed by atoms with E-state index >= 15 is 0 Å². The first-order valence-electron chi connectivity index (χ1n) is 7.87. The van der Waals surface area contributed by atoms with Crippen molar-refractivity contribution >= 4 is 21.4 Å². The van der Waals surface area contributed by atoms with Crippen molar-refractivity contribution in [3.63, 3.8) is 0 Å². The average molecular weight is 333 g/mol. The number of fused-ring (bicyclic) bond motifs is 1. The molecular formula is C16H19N3O3S. The van der Waals surface area contributed by atoms with Crippen molar-refractivity contribution in [2.24, 2.45) is 5.92 Å². The molecule has 0 amide bonds. The van der Waals surface area contributed by atoms with Gasteiger partial charge in [0, 0.05) is 19.2 Å². The predicted molar refractivity (Wildman–Crippen MR) is 87.9 cm³/mol. The molecule has 7 heteroatoms. The summed E-state index contributed by atoms with van der Waals surface area (Å²) in [7, 11) is -3.47. The van der Waals surface area contributed by atoms with Crippen molar-refractivity contribution in [1.29, 1.82) is 0 Å². The Morgan fingerprint density at radius 2 is 1.91 bits per heavy atom.